The van der Waals surface area contributed by atoms with Gasteiger partial charge < -0.3 is 28.1 Å². The quantitative estimate of drug-likeness (QED) is 0.146. The normalized spacial score (nSPS) is 18.6. The van der Waals surface area contributed by atoms with E-state index in [-0.39, 0.29) is 11.1 Å². The highest BCUT2D eigenvalue weighted by Gasteiger charge is 2.50. The molecule has 222 valence electrons. The number of hydrogen-bond donors (Lipinski definition) is 0. The molecular formula is C33H44O7Si. The van der Waals surface area contributed by atoms with Crippen LogP contribution in [-0.2, 0) is 21.2 Å². The van der Waals surface area contributed by atoms with Gasteiger partial charge in [0, 0.05) is 30.0 Å². The van der Waals surface area contributed by atoms with Crippen molar-refractivity contribution in [3.8, 4) is 28.7 Å². The molecule has 0 fully saturated rings. The third-order valence-electron chi connectivity index (χ3n) is 8.79. The highest BCUT2D eigenvalue weighted by Crippen LogP contribution is 2.58. The molecule has 0 N–H and O–H groups in total. The van der Waals surface area contributed by atoms with E-state index < -0.39 is 19.7 Å². The van der Waals surface area contributed by atoms with Gasteiger partial charge in [0.25, 0.3) is 0 Å². The zero-order valence-electron chi connectivity index (χ0n) is 26.3. The minimum absolute atomic E-state index is 0.0382. The number of fused-ring (bicyclic) bond motifs is 3. The molecule has 1 aliphatic heterocycles. The second kappa shape index (κ2) is 11.2. The Morgan fingerprint density at radius 3 is 2.24 bits per heavy atom. The Morgan fingerprint density at radius 1 is 1.05 bits per heavy atom. The fourth-order valence-electron chi connectivity index (χ4n) is 5.12. The van der Waals surface area contributed by atoms with Crippen LogP contribution in [0.4, 0.5) is 0 Å². The van der Waals surface area contributed by atoms with Crippen LogP contribution in [0.25, 0.3) is 10.8 Å². The molecule has 41 heavy (non-hydrogen) atoms. The van der Waals surface area contributed by atoms with Crippen molar-refractivity contribution in [1.82, 2.24) is 0 Å². The number of esters is 1. The Labute approximate surface area is 245 Å². The first kappa shape index (κ1) is 30.7. The number of carbonyl (C=O) groups is 1. The number of benzene rings is 3. The molecule has 0 radical (unpaired) electrons. The summed E-state index contributed by atoms with van der Waals surface area (Å²) in [4.78, 5) is 12.4. The fraction of sp³-hybridized carbons (Fsp3) is 0.485. The summed E-state index contributed by atoms with van der Waals surface area (Å²) >= 11 is 0. The second-order valence-corrected chi connectivity index (χ2v) is 17.4. The summed E-state index contributed by atoms with van der Waals surface area (Å²) in [6.45, 7) is 19.4. The Hall–Kier alpha value is -3.23. The molecule has 0 aliphatic carbocycles. The molecule has 8 heteroatoms. The molecule has 0 unspecified atom stereocenters. The van der Waals surface area contributed by atoms with E-state index in [1.165, 1.54) is 6.92 Å². The average Bonchev–Trinajstić information content (AvgIpc) is 3.17. The summed E-state index contributed by atoms with van der Waals surface area (Å²) in [5, 5.41) is 1.47. The highest BCUT2D eigenvalue weighted by atomic mass is 28.4. The van der Waals surface area contributed by atoms with Crippen molar-refractivity contribution in [3.05, 3.63) is 53.1 Å². The van der Waals surface area contributed by atoms with E-state index in [9.17, 15) is 4.79 Å². The fourth-order valence-corrected chi connectivity index (χ4v) is 6.22. The molecule has 0 aromatic heterocycles. The third-order valence-corrected chi connectivity index (χ3v) is 13.3. The molecule has 2 atom stereocenters. The molecule has 0 bridgehead atoms. The zero-order chi connectivity index (χ0) is 30.3. The van der Waals surface area contributed by atoms with Crippen LogP contribution in [0.1, 0.15) is 58.2 Å². The third kappa shape index (κ3) is 5.52. The van der Waals surface area contributed by atoms with Crippen molar-refractivity contribution < 1.29 is 32.9 Å². The topological polar surface area (TPSA) is 72.5 Å². The predicted octanol–water partition coefficient (Wildman–Crippen LogP) is 7.73. The molecule has 4 rings (SSSR count). The van der Waals surface area contributed by atoms with E-state index in [0.717, 1.165) is 22.1 Å². The number of ether oxygens (including phenoxy) is 5. The van der Waals surface area contributed by atoms with Gasteiger partial charge in [0.2, 0.25) is 0 Å². The minimum Gasteiger partial charge on any atom is -0.492 e. The van der Waals surface area contributed by atoms with Crippen molar-refractivity contribution >= 4 is 25.1 Å². The molecule has 1 heterocycles. The molecule has 1 aliphatic rings. The summed E-state index contributed by atoms with van der Waals surface area (Å²) in [5.74, 6) is 2.31. The van der Waals surface area contributed by atoms with Gasteiger partial charge in [0.1, 0.15) is 30.0 Å². The number of hydrogen-bond acceptors (Lipinski definition) is 7. The zero-order valence-corrected chi connectivity index (χ0v) is 27.3. The van der Waals surface area contributed by atoms with E-state index in [2.05, 4.69) is 40.8 Å². The van der Waals surface area contributed by atoms with Crippen LogP contribution in [0.15, 0.2) is 36.4 Å². The van der Waals surface area contributed by atoms with E-state index in [1.807, 2.05) is 50.2 Å². The average molecular weight is 581 g/mol. The van der Waals surface area contributed by atoms with Crippen LogP contribution in [-0.4, -0.2) is 41.2 Å². The molecular weight excluding hydrogens is 536 g/mol. The van der Waals surface area contributed by atoms with E-state index in [4.69, 9.17) is 28.1 Å². The molecule has 0 saturated carbocycles. The van der Waals surface area contributed by atoms with Crippen LogP contribution in [0.3, 0.4) is 0 Å². The summed E-state index contributed by atoms with van der Waals surface area (Å²) in [6.07, 6.45) is -0.266. The van der Waals surface area contributed by atoms with Gasteiger partial charge in [0.05, 0.1) is 25.0 Å². The molecule has 0 amide bonds. The maximum absolute atomic E-state index is 12.4. The highest BCUT2D eigenvalue weighted by molar-refractivity contribution is 6.74. The van der Waals surface area contributed by atoms with E-state index in [1.54, 1.807) is 14.2 Å². The first-order valence-corrected chi connectivity index (χ1v) is 17.0. The summed E-state index contributed by atoms with van der Waals surface area (Å²) < 4.78 is 37.6. The standard InChI is InChI=1S/C33H44O7Si/c1-20-28(37-18-23-15-13-12-14-16-23)26-24(30(36-9)29(20)35-8)17-25(40-22(3)34)27-31(26)39-21(2)33(27,7)19-38-41(10,11)32(4,5)6/h12-17,21H,18-19H2,1-11H3/t21-,33+/m1/s1. The van der Waals surface area contributed by atoms with Crippen molar-refractivity contribution in [2.75, 3.05) is 20.8 Å². The van der Waals surface area contributed by atoms with Gasteiger partial charge in [-0.2, -0.15) is 0 Å². The Morgan fingerprint density at radius 2 is 1.68 bits per heavy atom. The van der Waals surface area contributed by atoms with Gasteiger partial charge >= 0.3 is 5.97 Å². The van der Waals surface area contributed by atoms with Crippen molar-refractivity contribution in [3.63, 3.8) is 0 Å². The van der Waals surface area contributed by atoms with E-state index >= 15 is 0 Å². The number of methoxy groups -OCH3 is 2. The van der Waals surface area contributed by atoms with Crippen LogP contribution in [0.2, 0.25) is 18.1 Å². The van der Waals surface area contributed by atoms with E-state index in [0.29, 0.717) is 47.3 Å². The number of carbonyl (C=O) groups excluding carboxylic acids is 1. The molecule has 0 spiro atoms. The Bertz CT molecular complexity index is 1440. The van der Waals surface area contributed by atoms with Gasteiger partial charge in [-0.15, -0.1) is 0 Å². The SMILES string of the molecule is COc1c(C)c(OCc2ccccc2)c2c3c(c(OC(C)=O)cc2c1OC)[C@@](C)(CO[Si](C)(C)C(C)(C)C)[C@@H](C)O3. The molecule has 3 aromatic carbocycles. The summed E-state index contributed by atoms with van der Waals surface area (Å²) in [7, 11) is 1.11. The number of rotatable bonds is 9. The Balaban J connectivity index is 2.00. The summed E-state index contributed by atoms with van der Waals surface area (Å²) in [6, 6.07) is 11.8. The smallest absolute Gasteiger partial charge is 0.308 e. The van der Waals surface area contributed by atoms with Crippen LogP contribution >= 0.6 is 0 Å². The lowest BCUT2D eigenvalue weighted by molar-refractivity contribution is -0.131. The monoisotopic (exact) mass is 580 g/mol. The van der Waals surface area contributed by atoms with Crippen molar-refractivity contribution in [1.29, 1.82) is 0 Å². The van der Waals surface area contributed by atoms with Gasteiger partial charge in [-0.05, 0) is 50.5 Å². The summed E-state index contributed by atoms with van der Waals surface area (Å²) in [5.41, 5.74) is 2.02. The maximum atomic E-state index is 12.4. The predicted molar refractivity (Wildman–Crippen MR) is 164 cm³/mol. The first-order valence-electron chi connectivity index (χ1n) is 14.1. The van der Waals surface area contributed by atoms with Crippen molar-refractivity contribution in [2.24, 2.45) is 0 Å². The molecule has 0 saturated heterocycles. The van der Waals surface area contributed by atoms with Crippen LogP contribution < -0.4 is 23.7 Å². The van der Waals surface area contributed by atoms with Crippen LogP contribution in [0.5, 0.6) is 28.7 Å². The molecule has 3 aromatic rings. The lowest BCUT2D eigenvalue weighted by atomic mass is 9.79. The lowest BCUT2D eigenvalue weighted by Gasteiger charge is -2.39. The Kier molecular flexibility index (Phi) is 8.40. The molecule has 7 nitrogen and oxygen atoms in total. The second-order valence-electron chi connectivity index (χ2n) is 12.6. The minimum atomic E-state index is -2.10. The van der Waals surface area contributed by atoms with Gasteiger partial charge in [0.15, 0.2) is 19.8 Å². The first-order chi connectivity index (χ1) is 19.2. The lowest BCUT2D eigenvalue weighted by Crippen LogP contribution is -2.47. The largest absolute Gasteiger partial charge is 0.492 e. The van der Waals surface area contributed by atoms with Crippen LogP contribution in [0, 0.1) is 6.92 Å². The van der Waals surface area contributed by atoms with Gasteiger partial charge in [-0.3, -0.25) is 4.79 Å². The van der Waals surface area contributed by atoms with Gasteiger partial charge in [-0.25, -0.2) is 0 Å². The van der Waals surface area contributed by atoms with Crippen molar-refractivity contribution in [2.45, 2.75) is 84.7 Å². The van der Waals surface area contributed by atoms with Gasteiger partial charge in [-0.1, -0.05) is 51.1 Å². The maximum Gasteiger partial charge on any atom is 0.308 e.